The van der Waals surface area contributed by atoms with Gasteiger partial charge >= 0.3 is 6.03 Å². The van der Waals surface area contributed by atoms with Crippen molar-refractivity contribution < 1.29 is 9.90 Å². The number of phenolic OH excluding ortho intramolecular Hbond substituents is 1. The molecule has 2 rings (SSSR count). The van der Waals surface area contributed by atoms with Crippen LogP contribution in [0.5, 0.6) is 5.75 Å². The van der Waals surface area contributed by atoms with Crippen LogP contribution in [0.25, 0.3) is 0 Å². The Hall–Kier alpha value is -2.63. The van der Waals surface area contributed by atoms with Crippen molar-refractivity contribution in [2.75, 3.05) is 12.4 Å². The lowest BCUT2D eigenvalue weighted by molar-refractivity contribution is 0.208. The van der Waals surface area contributed by atoms with E-state index in [0.717, 1.165) is 11.4 Å². The Bertz CT molecular complexity index is 708. The zero-order chi connectivity index (χ0) is 17.9. The van der Waals surface area contributed by atoms with Crippen molar-refractivity contribution in [1.82, 2.24) is 14.9 Å². The molecule has 1 aromatic carbocycles. The largest absolute Gasteiger partial charge is 0.508 e. The maximum Gasteiger partial charge on any atom is 0.322 e. The van der Waals surface area contributed by atoms with Gasteiger partial charge in [0.15, 0.2) is 0 Å². The molecule has 0 spiro atoms. The van der Waals surface area contributed by atoms with E-state index in [0.29, 0.717) is 5.69 Å². The number of phenols is 1. The van der Waals surface area contributed by atoms with Gasteiger partial charge in [-0.05, 0) is 24.6 Å². The summed E-state index contributed by atoms with van der Waals surface area (Å²) in [4.78, 5) is 22.6. The summed E-state index contributed by atoms with van der Waals surface area (Å²) >= 11 is 0. The second kappa shape index (κ2) is 6.86. The summed E-state index contributed by atoms with van der Waals surface area (Å²) in [6.45, 7) is 8.00. The highest BCUT2D eigenvalue weighted by Crippen LogP contribution is 2.23. The van der Waals surface area contributed by atoms with Gasteiger partial charge in [-0.1, -0.05) is 32.9 Å². The molecule has 24 heavy (non-hydrogen) atoms. The highest BCUT2D eigenvalue weighted by atomic mass is 16.3. The first kappa shape index (κ1) is 17.7. The molecule has 0 unspecified atom stereocenters. The first-order valence-electron chi connectivity index (χ1n) is 7.84. The highest BCUT2D eigenvalue weighted by Gasteiger charge is 2.19. The Balaban J connectivity index is 2.06. The Labute approximate surface area is 142 Å². The molecule has 0 fully saturated rings. The van der Waals surface area contributed by atoms with Gasteiger partial charge < -0.3 is 15.3 Å². The third-order valence-electron chi connectivity index (χ3n) is 3.83. The van der Waals surface area contributed by atoms with E-state index in [1.54, 1.807) is 42.5 Å². The Morgan fingerprint density at radius 2 is 1.88 bits per heavy atom. The number of rotatable bonds is 3. The van der Waals surface area contributed by atoms with Crippen molar-refractivity contribution >= 4 is 11.7 Å². The van der Waals surface area contributed by atoms with Gasteiger partial charge in [-0.25, -0.2) is 14.8 Å². The van der Waals surface area contributed by atoms with Gasteiger partial charge in [0, 0.05) is 12.5 Å². The first-order chi connectivity index (χ1) is 11.2. The number of anilines is 1. The van der Waals surface area contributed by atoms with Crippen LogP contribution in [0.4, 0.5) is 10.5 Å². The summed E-state index contributed by atoms with van der Waals surface area (Å²) in [6.07, 6.45) is 3.22. The maximum atomic E-state index is 12.4. The topological polar surface area (TPSA) is 78.4 Å². The molecule has 2 amide bonds. The van der Waals surface area contributed by atoms with E-state index in [2.05, 4.69) is 15.3 Å². The molecule has 128 valence electrons. The number of amides is 2. The van der Waals surface area contributed by atoms with E-state index in [1.807, 2.05) is 33.8 Å². The summed E-state index contributed by atoms with van der Waals surface area (Å²) in [5.41, 5.74) is 1.26. The first-order valence-corrected chi connectivity index (χ1v) is 7.84. The molecule has 0 radical (unpaired) electrons. The van der Waals surface area contributed by atoms with E-state index in [4.69, 9.17) is 0 Å². The van der Waals surface area contributed by atoms with Gasteiger partial charge in [0.2, 0.25) is 0 Å². The number of urea groups is 1. The minimum Gasteiger partial charge on any atom is -0.508 e. The molecule has 0 bridgehead atoms. The molecule has 1 atom stereocenters. The van der Waals surface area contributed by atoms with Crippen molar-refractivity contribution in [2.24, 2.45) is 0 Å². The summed E-state index contributed by atoms with van der Waals surface area (Å²) in [5, 5.41) is 12.4. The van der Waals surface area contributed by atoms with Crippen molar-refractivity contribution in [3.05, 3.63) is 48.0 Å². The normalized spacial score (nSPS) is 12.5. The predicted octanol–water partition coefficient (Wildman–Crippen LogP) is 3.70. The molecule has 0 aliphatic rings. The standard InChI is InChI=1S/C18H24N4O2/c1-12(13-7-6-8-15(23)9-13)22(5)17(24)21-14-10-19-16(20-11-14)18(2,3)4/h6-12,23H,1-5H3,(H,21,24)/t12-/m1/s1. The molecule has 0 aliphatic carbocycles. The molecule has 6 heteroatoms. The summed E-state index contributed by atoms with van der Waals surface area (Å²) < 4.78 is 0. The average Bonchev–Trinajstić information content (AvgIpc) is 2.53. The number of nitrogens with one attached hydrogen (secondary N) is 1. The summed E-state index contributed by atoms with van der Waals surface area (Å²) in [6, 6.07) is 6.42. The van der Waals surface area contributed by atoms with E-state index in [-0.39, 0.29) is 23.2 Å². The minimum absolute atomic E-state index is 0.136. The Morgan fingerprint density at radius 1 is 1.25 bits per heavy atom. The molecule has 0 saturated carbocycles. The van der Waals surface area contributed by atoms with E-state index >= 15 is 0 Å². The van der Waals surface area contributed by atoms with Crippen molar-refractivity contribution in [2.45, 2.75) is 39.2 Å². The molecule has 2 aromatic rings. The fraction of sp³-hybridized carbons (Fsp3) is 0.389. The van der Waals surface area contributed by atoms with Crippen molar-refractivity contribution in [3.63, 3.8) is 0 Å². The number of aromatic hydroxyl groups is 1. The van der Waals surface area contributed by atoms with Gasteiger partial charge in [0.05, 0.1) is 24.1 Å². The molecule has 0 saturated heterocycles. The van der Waals surface area contributed by atoms with Gasteiger partial charge in [0.1, 0.15) is 11.6 Å². The number of aromatic nitrogens is 2. The SMILES string of the molecule is C[C@H](c1cccc(O)c1)N(C)C(=O)Nc1cnc(C(C)(C)C)nc1. The second-order valence-electron chi connectivity index (χ2n) is 6.86. The molecule has 6 nitrogen and oxygen atoms in total. The summed E-state index contributed by atoms with van der Waals surface area (Å²) in [7, 11) is 1.70. The van der Waals surface area contributed by atoms with E-state index in [1.165, 1.54) is 0 Å². The van der Waals surface area contributed by atoms with Gasteiger partial charge in [-0.3, -0.25) is 0 Å². The summed E-state index contributed by atoms with van der Waals surface area (Å²) in [5.74, 6) is 0.904. The number of benzene rings is 1. The van der Waals surface area contributed by atoms with Crippen LogP contribution in [0, 0.1) is 0 Å². The van der Waals surface area contributed by atoms with E-state index in [9.17, 15) is 9.90 Å². The predicted molar refractivity (Wildman–Crippen MR) is 94.0 cm³/mol. The van der Waals surface area contributed by atoms with Crippen LogP contribution in [0.2, 0.25) is 0 Å². The molecular formula is C18H24N4O2. The number of hydrogen-bond acceptors (Lipinski definition) is 4. The maximum absolute atomic E-state index is 12.4. The minimum atomic E-state index is -0.266. The monoisotopic (exact) mass is 328 g/mol. The lowest BCUT2D eigenvalue weighted by Crippen LogP contribution is -2.33. The zero-order valence-corrected chi connectivity index (χ0v) is 14.7. The Morgan fingerprint density at radius 3 is 2.42 bits per heavy atom. The lowest BCUT2D eigenvalue weighted by Gasteiger charge is -2.25. The van der Waals surface area contributed by atoms with Crippen molar-refractivity contribution in [3.8, 4) is 5.75 Å². The van der Waals surface area contributed by atoms with Crippen LogP contribution in [-0.4, -0.2) is 33.1 Å². The van der Waals surface area contributed by atoms with Crippen LogP contribution in [0.1, 0.15) is 45.1 Å². The van der Waals surface area contributed by atoms with Gasteiger partial charge in [0.25, 0.3) is 0 Å². The van der Waals surface area contributed by atoms with Gasteiger partial charge in [-0.15, -0.1) is 0 Å². The van der Waals surface area contributed by atoms with Crippen molar-refractivity contribution in [1.29, 1.82) is 0 Å². The fourth-order valence-corrected chi connectivity index (χ4v) is 2.18. The molecule has 2 N–H and O–H groups in total. The lowest BCUT2D eigenvalue weighted by atomic mass is 9.96. The average molecular weight is 328 g/mol. The fourth-order valence-electron chi connectivity index (χ4n) is 2.18. The zero-order valence-electron chi connectivity index (χ0n) is 14.7. The number of carbonyl (C=O) groups is 1. The molecular weight excluding hydrogens is 304 g/mol. The Kier molecular flexibility index (Phi) is 5.07. The van der Waals surface area contributed by atoms with Gasteiger partial charge in [-0.2, -0.15) is 0 Å². The molecule has 1 aromatic heterocycles. The van der Waals surface area contributed by atoms with Crippen LogP contribution < -0.4 is 5.32 Å². The highest BCUT2D eigenvalue weighted by molar-refractivity contribution is 5.89. The third-order valence-corrected chi connectivity index (χ3v) is 3.83. The number of carbonyl (C=O) groups excluding carboxylic acids is 1. The smallest absolute Gasteiger partial charge is 0.322 e. The second-order valence-corrected chi connectivity index (χ2v) is 6.86. The van der Waals surface area contributed by atoms with Crippen LogP contribution in [0.15, 0.2) is 36.7 Å². The number of hydrogen-bond donors (Lipinski definition) is 2. The third kappa shape index (κ3) is 4.22. The van der Waals surface area contributed by atoms with Crippen LogP contribution >= 0.6 is 0 Å². The number of nitrogens with zero attached hydrogens (tertiary/aromatic N) is 3. The van der Waals surface area contributed by atoms with Crippen LogP contribution in [-0.2, 0) is 5.41 Å². The van der Waals surface area contributed by atoms with E-state index < -0.39 is 0 Å². The molecule has 1 heterocycles. The quantitative estimate of drug-likeness (QED) is 0.900. The molecule has 0 aliphatic heterocycles. The van der Waals surface area contributed by atoms with Crippen LogP contribution in [0.3, 0.4) is 0 Å².